The fourth-order valence-electron chi connectivity index (χ4n) is 4.73. The summed E-state index contributed by atoms with van der Waals surface area (Å²) in [6.45, 7) is 7.11. The average Bonchev–Trinajstić information content (AvgIpc) is 3.11. The summed E-state index contributed by atoms with van der Waals surface area (Å²) in [4.78, 5) is 5.36. The highest BCUT2D eigenvalue weighted by molar-refractivity contribution is 5.47. The van der Waals surface area contributed by atoms with Gasteiger partial charge in [-0.2, -0.15) is 0 Å². The lowest BCUT2D eigenvalue weighted by atomic mass is 9.93. The molecule has 0 N–H and O–H groups in total. The van der Waals surface area contributed by atoms with Crippen LogP contribution in [0, 0.1) is 18.8 Å². The normalized spacial score (nSPS) is 33.9. The molecule has 1 aromatic carbocycles. The van der Waals surface area contributed by atoms with Crippen molar-refractivity contribution in [3.8, 4) is 0 Å². The van der Waals surface area contributed by atoms with E-state index in [9.17, 15) is 0 Å². The molecule has 2 aliphatic carbocycles. The van der Waals surface area contributed by atoms with E-state index in [0.717, 1.165) is 17.9 Å². The van der Waals surface area contributed by atoms with Gasteiger partial charge in [0, 0.05) is 37.9 Å². The molecule has 4 rings (SSSR count). The van der Waals surface area contributed by atoms with Gasteiger partial charge in [0.2, 0.25) is 0 Å². The van der Waals surface area contributed by atoms with Crippen molar-refractivity contribution in [1.82, 2.24) is 4.90 Å². The summed E-state index contributed by atoms with van der Waals surface area (Å²) < 4.78 is 0. The third-order valence-electron chi connectivity index (χ3n) is 5.88. The number of hydrogen-bond acceptors (Lipinski definition) is 2. The lowest BCUT2D eigenvalue weighted by Gasteiger charge is -2.41. The Kier molecular flexibility index (Phi) is 3.22. The Morgan fingerprint density at radius 1 is 0.900 bits per heavy atom. The molecular formula is C18H26N2. The molecule has 1 saturated heterocycles. The van der Waals surface area contributed by atoms with Crippen molar-refractivity contribution < 1.29 is 0 Å². The minimum absolute atomic E-state index is 0.925. The fraction of sp³-hybridized carbons (Fsp3) is 0.667. The SMILES string of the molecule is Cc1ccc(N2CCN([C@H]3C[C@@H]4CC[C@@H]3C4)CC2)cc1. The summed E-state index contributed by atoms with van der Waals surface area (Å²) in [6, 6.07) is 9.95. The third kappa shape index (κ3) is 2.24. The molecule has 0 amide bonds. The van der Waals surface area contributed by atoms with Crippen molar-refractivity contribution in [2.45, 2.75) is 38.6 Å². The lowest BCUT2D eigenvalue weighted by Crippen LogP contribution is -2.51. The van der Waals surface area contributed by atoms with E-state index < -0.39 is 0 Å². The minimum Gasteiger partial charge on any atom is -0.369 e. The molecule has 108 valence electrons. The summed E-state index contributed by atoms with van der Waals surface area (Å²) in [5, 5.41) is 0. The Balaban J connectivity index is 1.37. The summed E-state index contributed by atoms with van der Waals surface area (Å²) in [5.41, 5.74) is 2.76. The first-order valence-electron chi connectivity index (χ1n) is 8.35. The Hall–Kier alpha value is -1.02. The van der Waals surface area contributed by atoms with Gasteiger partial charge in [-0.1, -0.05) is 24.1 Å². The monoisotopic (exact) mass is 270 g/mol. The van der Waals surface area contributed by atoms with Gasteiger partial charge < -0.3 is 4.90 Å². The van der Waals surface area contributed by atoms with E-state index in [-0.39, 0.29) is 0 Å². The average molecular weight is 270 g/mol. The van der Waals surface area contributed by atoms with Crippen LogP contribution in [-0.4, -0.2) is 37.1 Å². The maximum atomic E-state index is 2.80. The number of aryl methyl sites for hydroxylation is 1. The van der Waals surface area contributed by atoms with E-state index in [2.05, 4.69) is 41.0 Å². The smallest absolute Gasteiger partial charge is 0.0367 e. The van der Waals surface area contributed by atoms with E-state index in [1.54, 1.807) is 0 Å². The molecule has 2 heteroatoms. The van der Waals surface area contributed by atoms with Crippen LogP contribution < -0.4 is 4.90 Å². The molecular weight excluding hydrogens is 244 g/mol. The number of hydrogen-bond donors (Lipinski definition) is 0. The zero-order chi connectivity index (χ0) is 13.5. The molecule has 0 radical (unpaired) electrons. The van der Waals surface area contributed by atoms with Gasteiger partial charge in [0.05, 0.1) is 0 Å². The van der Waals surface area contributed by atoms with Crippen LogP contribution in [0.3, 0.4) is 0 Å². The Morgan fingerprint density at radius 3 is 2.25 bits per heavy atom. The second-order valence-electron chi connectivity index (χ2n) is 7.10. The number of fused-ring (bicyclic) bond motifs is 2. The third-order valence-corrected chi connectivity index (χ3v) is 5.88. The van der Waals surface area contributed by atoms with Crippen LogP contribution >= 0.6 is 0 Å². The van der Waals surface area contributed by atoms with Crippen LogP contribution in [0.15, 0.2) is 24.3 Å². The van der Waals surface area contributed by atoms with Crippen LogP contribution in [0.4, 0.5) is 5.69 Å². The number of nitrogens with zero attached hydrogens (tertiary/aromatic N) is 2. The lowest BCUT2D eigenvalue weighted by molar-refractivity contribution is 0.135. The van der Waals surface area contributed by atoms with E-state index in [1.807, 2.05) is 0 Å². The maximum Gasteiger partial charge on any atom is 0.0367 e. The van der Waals surface area contributed by atoms with Crippen LogP contribution in [0.25, 0.3) is 0 Å². The van der Waals surface area contributed by atoms with E-state index in [4.69, 9.17) is 0 Å². The second-order valence-corrected chi connectivity index (χ2v) is 7.10. The van der Waals surface area contributed by atoms with Crippen molar-refractivity contribution in [2.75, 3.05) is 31.1 Å². The molecule has 2 bridgehead atoms. The Bertz CT molecular complexity index is 459. The van der Waals surface area contributed by atoms with Gasteiger partial charge in [0.25, 0.3) is 0 Å². The molecule has 2 nitrogen and oxygen atoms in total. The van der Waals surface area contributed by atoms with Crippen LogP contribution in [0.5, 0.6) is 0 Å². The standard InChI is InChI=1S/C18H26N2/c1-14-2-6-17(7-3-14)19-8-10-20(11-9-19)18-13-15-4-5-16(18)12-15/h2-3,6-7,15-16,18H,4-5,8-13H2,1H3/t15-,16-,18+/m1/s1. The van der Waals surface area contributed by atoms with Crippen molar-refractivity contribution in [3.63, 3.8) is 0 Å². The van der Waals surface area contributed by atoms with Crippen molar-refractivity contribution >= 4 is 5.69 Å². The topological polar surface area (TPSA) is 6.48 Å². The van der Waals surface area contributed by atoms with Crippen LogP contribution in [-0.2, 0) is 0 Å². The van der Waals surface area contributed by atoms with Gasteiger partial charge in [0.15, 0.2) is 0 Å². The van der Waals surface area contributed by atoms with Crippen LogP contribution in [0.2, 0.25) is 0 Å². The second kappa shape index (κ2) is 5.07. The van der Waals surface area contributed by atoms with E-state index in [1.165, 1.54) is 63.1 Å². The van der Waals surface area contributed by atoms with Gasteiger partial charge in [-0.3, -0.25) is 4.90 Å². The first-order chi connectivity index (χ1) is 9.79. The number of anilines is 1. The quantitative estimate of drug-likeness (QED) is 0.813. The predicted octanol–water partition coefficient (Wildman–Crippen LogP) is 3.31. The van der Waals surface area contributed by atoms with Crippen molar-refractivity contribution in [3.05, 3.63) is 29.8 Å². The summed E-state index contributed by atoms with van der Waals surface area (Å²) in [7, 11) is 0. The first kappa shape index (κ1) is 12.7. The number of piperazine rings is 1. The molecule has 2 saturated carbocycles. The summed E-state index contributed by atoms with van der Waals surface area (Å²) in [5.74, 6) is 2.10. The molecule has 0 spiro atoms. The van der Waals surface area contributed by atoms with E-state index >= 15 is 0 Å². The Labute approximate surface area is 122 Å². The van der Waals surface area contributed by atoms with Gasteiger partial charge in [-0.05, 0) is 50.2 Å². The van der Waals surface area contributed by atoms with Crippen molar-refractivity contribution in [2.24, 2.45) is 11.8 Å². The fourth-order valence-corrected chi connectivity index (χ4v) is 4.73. The molecule has 3 atom stereocenters. The summed E-state index contributed by atoms with van der Waals surface area (Å²) in [6.07, 6.45) is 6.05. The van der Waals surface area contributed by atoms with Gasteiger partial charge in [0.1, 0.15) is 0 Å². The zero-order valence-electron chi connectivity index (χ0n) is 12.6. The van der Waals surface area contributed by atoms with Crippen LogP contribution in [0.1, 0.15) is 31.2 Å². The first-order valence-corrected chi connectivity index (χ1v) is 8.35. The molecule has 1 heterocycles. The van der Waals surface area contributed by atoms with Gasteiger partial charge >= 0.3 is 0 Å². The highest BCUT2D eigenvalue weighted by Gasteiger charge is 2.42. The zero-order valence-corrected chi connectivity index (χ0v) is 12.6. The summed E-state index contributed by atoms with van der Waals surface area (Å²) >= 11 is 0. The van der Waals surface area contributed by atoms with Gasteiger partial charge in [-0.25, -0.2) is 0 Å². The molecule has 3 fully saturated rings. The molecule has 3 aliphatic rings. The number of benzene rings is 1. The van der Waals surface area contributed by atoms with Gasteiger partial charge in [-0.15, -0.1) is 0 Å². The molecule has 0 unspecified atom stereocenters. The molecule has 20 heavy (non-hydrogen) atoms. The highest BCUT2D eigenvalue weighted by Crippen LogP contribution is 2.46. The largest absolute Gasteiger partial charge is 0.369 e. The molecule has 0 aromatic heterocycles. The maximum absolute atomic E-state index is 2.80. The number of rotatable bonds is 2. The van der Waals surface area contributed by atoms with Crippen molar-refractivity contribution in [1.29, 1.82) is 0 Å². The minimum atomic E-state index is 0.925. The van der Waals surface area contributed by atoms with E-state index in [0.29, 0.717) is 0 Å². The molecule has 1 aromatic rings. The Morgan fingerprint density at radius 2 is 1.65 bits per heavy atom. The molecule has 1 aliphatic heterocycles. The predicted molar refractivity (Wildman–Crippen MR) is 84.2 cm³/mol. The highest BCUT2D eigenvalue weighted by atomic mass is 15.3.